The summed E-state index contributed by atoms with van der Waals surface area (Å²) >= 11 is 1.45. The van der Waals surface area contributed by atoms with Gasteiger partial charge in [0.25, 0.3) is 0 Å². The van der Waals surface area contributed by atoms with Gasteiger partial charge in [0.2, 0.25) is 0 Å². The first-order valence-corrected chi connectivity index (χ1v) is 11.8. The molecule has 1 aromatic heterocycles. The van der Waals surface area contributed by atoms with Gasteiger partial charge in [0.1, 0.15) is 11.5 Å². The summed E-state index contributed by atoms with van der Waals surface area (Å²) in [7, 11) is 0. The zero-order valence-electron chi connectivity index (χ0n) is 18.0. The molecule has 2 heterocycles. The van der Waals surface area contributed by atoms with E-state index in [1.807, 2.05) is 53.9 Å². The van der Waals surface area contributed by atoms with E-state index in [9.17, 15) is 4.79 Å². The summed E-state index contributed by atoms with van der Waals surface area (Å²) in [5.74, 6) is 1.47. The lowest BCUT2D eigenvalue weighted by atomic mass is 10.1. The summed E-state index contributed by atoms with van der Waals surface area (Å²) in [5, 5.41) is 8.32. The molecule has 0 bridgehead atoms. The van der Waals surface area contributed by atoms with E-state index >= 15 is 0 Å². The van der Waals surface area contributed by atoms with Crippen molar-refractivity contribution in [2.45, 2.75) is 18.9 Å². The third kappa shape index (κ3) is 5.15. The van der Waals surface area contributed by atoms with Crippen LogP contribution < -0.4 is 20.3 Å². The first kappa shape index (κ1) is 21.0. The number of thiazole rings is 1. The van der Waals surface area contributed by atoms with Crippen LogP contribution in [-0.2, 0) is 0 Å². The van der Waals surface area contributed by atoms with Gasteiger partial charge in [-0.05, 0) is 61.4 Å². The highest BCUT2D eigenvalue weighted by molar-refractivity contribution is 7.14. The second-order valence-electron chi connectivity index (χ2n) is 7.78. The number of urea groups is 1. The number of carbonyl (C=O) groups is 1. The summed E-state index contributed by atoms with van der Waals surface area (Å²) in [6.07, 6.45) is 2.19. The molecule has 1 aliphatic rings. The van der Waals surface area contributed by atoms with Crippen LogP contribution in [0.1, 0.15) is 24.6 Å². The Kier molecular flexibility index (Phi) is 6.21. The molecule has 5 rings (SSSR count). The summed E-state index contributed by atoms with van der Waals surface area (Å²) in [4.78, 5) is 19.6. The average molecular weight is 457 g/mol. The number of hydrogen-bond donors (Lipinski definition) is 2. The average Bonchev–Trinajstić information content (AvgIpc) is 3.51. The smallest absolute Gasteiger partial charge is 0.325 e. The van der Waals surface area contributed by atoms with Crippen LogP contribution in [0.25, 0.3) is 0 Å². The van der Waals surface area contributed by atoms with Crippen molar-refractivity contribution in [3.63, 3.8) is 0 Å². The van der Waals surface area contributed by atoms with Gasteiger partial charge in [-0.3, -0.25) is 5.32 Å². The van der Waals surface area contributed by atoms with Crippen molar-refractivity contribution < 1.29 is 9.53 Å². The number of para-hydroxylation sites is 2. The van der Waals surface area contributed by atoms with E-state index in [1.54, 1.807) is 12.1 Å². The lowest BCUT2D eigenvalue weighted by Crippen LogP contribution is -2.23. The normalized spacial score (nSPS) is 15.3. The molecule has 1 unspecified atom stereocenters. The predicted molar refractivity (Wildman–Crippen MR) is 133 cm³/mol. The highest BCUT2D eigenvalue weighted by atomic mass is 32.1. The van der Waals surface area contributed by atoms with Crippen LogP contribution in [0.2, 0.25) is 0 Å². The van der Waals surface area contributed by atoms with Gasteiger partial charge in [0.05, 0.1) is 11.7 Å². The number of nitrogens with one attached hydrogen (secondary N) is 2. The van der Waals surface area contributed by atoms with Crippen molar-refractivity contribution in [2.24, 2.45) is 0 Å². The van der Waals surface area contributed by atoms with E-state index in [4.69, 9.17) is 9.72 Å². The van der Waals surface area contributed by atoms with Crippen molar-refractivity contribution in [2.75, 3.05) is 22.1 Å². The number of anilines is 3. The molecule has 0 radical (unpaired) electrons. The Hall–Kier alpha value is -3.84. The van der Waals surface area contributed by atoms with E-state index in [0.29, 0.717) is 16.6 Å². The topological polar surface area (TPSA) is 66.5 Å². The molecule has 0 aliphatic carbocycles. The molecule has 0 saturated carbocycles. The molecular formula is C26H24N4O2S. The number of benzene rings is 3. The van der Waals surface area contributed by atoms with Crippen LogP contribution in [0.4, 0.5) is 21.3 Å². The van der Waals surface area contributed by atoms with Crippen molar-refractivity contribution in [3.05, 3.63) is 96.0 Å². The standard InChI is InChI=1S/C26H24N4O2S/c31-25(27-19-13-15-22(16-14-19)32-21-10-5-2-6-11-21)29-26-28-23(18-33-26)24-12-7-17-30(24)20-8-3-1-4-9-20/h1-6,8-11,13-16,18,24H,7,12,17H2,(H2,27,28,29,31). The Balaban J connectivity index is 1.18. The third-order valence-corrected chi connectivity index (χ3v) is 6.29. The van der Waals surface area contributed by atoms with Crippen molar-refractivity contribution >= 4 is 33.9 Å². The number of hydrogen-bond acceptors (Lipinski definition) is 5. The van der Waals surface area contributed by atoms with Gasteiger partial charge in [0.15, 0.2) is 5.13 Å². The molecular weight excluding hydrogens is 432 g/mol. The van der Waals surface area contributed by atoms with E-state index < -0.39 is 0 Å². The highest BCUT2D eigenvalue weighted by Gasteiger charge is 2.28. The van der Waals surface area contributed by atoms with Crippen molar-refractivity contribution in [1.29, 1.82) is 0 Å². The molecule has 6 nitrogen and oxygen atoms in total. The van der Waals surface area contributed by atoms with Gasteiger partial charge in [-0.2, -0.15) is 0 Å². The number of carbonyl (C=O) groups excluding carboxylic acids is 1. The Morgan fingerprint density at radius 3 is 2.36 bits per heavy atom. The molecule has 2 N–H and O–H groups in total. The summed E-state index contributed by atoms with van der Waals surface area (Å²) in [6, 6.07) is 27.2. The summed E-state index contributed by atoms with van der Waals surface area (Å²) in [5.41, 5.74) is 2.88. The van der Waals surface area contributed by atoms with Crippen LogP contribution in [-0.4, -0.2) is 17.6 Å². The third-order valence-electron chi connectivity index (χ3n) is 5.52. The molecule has 33 heavy (non-hydrogen) atoms. The Morgan fingerprint density at radius 1 is 0.909 bits per heavy atom. The van der Waals surface area contributed by atoms with E-state index in [2.05, 4.69) is 39.8 Å². The highest BCUT2D eigenvalue weighted by Crippen LogP contribution is 2.37. The van der Waals surface area contributed by atoms with Gasteiger partial charge in [-0.15, -0.1) is 11.3 Å². The van der Waals surface area contributed by atoms with Gasteiger partial charge in [0, 0.05) is 23.3 Å². The largest absolute Gasteiger partial charge is 0.457 e. The fourth-order valence-corrected chi connectivity index (χ4v) is 4.74. The van der Waals surface area contributed by atoms with Gasteiger partial charge < -0.3 is 15.0 Å². The SMILES string of the molecule is O=C(Nc1ccc(Oc2ccccc2)cc1)Nc1nc(C2CCCN2c2ccccc2)cs1. The molecule has 0 spiro atoms. The molecule has 3 aromatic carbocycles. The maximum absolute atomic E-state index is 12.5. The van der Waals surface area contributed by atoms with Crippen molar-refractivity contribution in [3.8, 4) is 11.5 Å². The van der Waals surface area contributed by atoms with E-state index in [1.165, 1.54) is 17.0 Å². The van der Waals surface area contributed by atoms with E-state index in [-0.39, 0.29) is 12.1 Å². The fourth-order valence-electron chi connectivity index (χ4n) is 3.99. The number of ether oxygens (including phenoxy) is 1. The summed E-state index contributed by atoms with van der Waals surface area (Å²) in [6.45, 7) is 1.01. The first-order chi connectivity index (χ1) is 16.2. The van der Waals surface area contributed by atoms with Gasteiger partial charge in [-0.1, -0.05) is 36.4 Å². The maximum atomic E-state index is 12.5. The second kappa shape index (κ2) is 9.75. The Morgan fingerprint density at radius 2 is 1.61 bits per heavy atom. The maximum Gasteiger partial charge on any atom is 0.325 e. The van der Waals surface area contributed by atoms with E-state index in [0.717, 1.165) is 30.8 Å². The molecule has 2 amide bonds. The minimum atomic E-state index is -0.320. The first-order valence-electron chi connectivity index (χ1n) is 10.9. The van der Waals surface area contributed by atoms with Gasteiger partial charge in [-0.25, -0.2) is 9.78 Å². The van der Waals surface area contributed by atoms with Crippen LogP contribution in [0, 0.1) is 0 Å². The van der Waals surface area contributed by atoms with Crippen LogP contribution in [0.3, 0.4) is 0 Å². The van der Waals surface area contributed by atoms with Crippen LogP contribution in [0.15, 0.2) is 90.3 Å². The molecule has 1 atom stereocenters. The quantitative estimate of drug-likeness (QED) is 0.330. The summed E-state index contributed by atoms with van der Waals surface area (Å²) < 4.78 is 5.79. The zero-order chi connectivity index (χ0) is 22.5. The second-order valence-corrected chi connectivity index (χ2v) is 8.64. The molecule has 4 aromatic rings. The Labute approximate surface area is 196 Å². The zero-order valence-corrected chi connectivity index (χ0v) is 18.8. The lowest BCUT2D eigenvalue weighted by molar-refractivity contribution is 0.262. The predicted octanol–water partition coefficient (Wildman–Crippen LogP) is 6.92. The monoisotopic (exact) mass is 456 g/mol. The molecule has 1 aliphatic heterocycles. The van der Waals surface area contributed by atoms with Gasteiger partial charge >= 0.3 is 6.03 Å². The number of nitrogens with zero attached hydrogens (tertiary/aromatic N) is 2. The lowest BCUT2D eigenvalue weighted by Gasteiger charge is -2.25. The molecule has 1 fully saturated rings. The number of rotatable bonds is 6. The number of aromatic nitrogens is 1. The molecule has 166 valence electrons. The molecule has 1 saturated heterocycles. The fraction of sp³-hybridized carbons (Fsp3) is 0.154. The Bertz CT molecular complexity index is 1200. The minimum absolute atomic E-state index is 0.236. The number of amides is 2. The minimum Gasteiger partial charge on any atom is -0.457 e. The molecule has 7 heteroatoms. The van der Waals surface area contributed by atoms with Crippen LogP contribution in [0.5, 0.6) is 11.5 Å². The van der Waals surface area contributed by atoms with Crippen molar-refractivity contribution in [1.82, 2.24) is 4.98 Å². The van der Waals surface area contributed by atoms with Crippen LogP contribution >= 0.6 is 11.3 Å².